The van der Waals surface area contributed by atoms with Crippen LogP contribution in [0.15, 0.2) is 12.1 Å². The van der Waals surface area contributed by atoms with Crippen molar-refractivity contribution in [1.29, 1.82) is 0 Å². The maximum atomic E-state index is 13.9. The second-order valence-electron chi connectivity index (χ2n) is 7.10. The molecule has 7 heteroatoms. The number of aliphatic hydroxyl groups is 1. The van der Waals surface area contributed by atoms with Crippen LogP contribution < -0.4 is 10.1 Å². The highest BCUT2D eigenvalue weighted by atomic mass is 19.3. The number of piperidine rings is 1. The Morgan fingerprint density at radius 3 is 2.76 bits per heavy atom. The van der Waals surface area contributed by atoms with E-state index in [1.54, 1.807) is 6.07 Å². The molecule has 25 heavy (non-hydrogen) atoms. The lowest BCUT2D eigenvalue weighted by atomic mass is 10.1. The van der Waals surface area contributed by atoms with E-state index in [1.165, 1.54) is 6.07 Å². The number of hydrogen-bond acceptors (Lipinski definition) is 5. The number of aliphatic hydroxyl groups excluding tert-OH is 1. The molecular weight excluding hydrogens is 328 g/mol. The lowest BCUT2D eigenvalue weighted by Gasteiger charge is -2.26. The van der Waals surface area contributed by atoms with Gasteiger partial charge in [-0.25, -0.2) is 4.98 Å². The zero-order valence-corrected chi connectivity index (χ0v) is 14.7. The van der Waals surface area contributed by atoms with Crippen LogP contribution in [0, 0.1) is 0 Å². The van der Waals surface area contributed by atoms with Gasteiger partial charge in [0.25, 0.3) is 5.92 Å². The standard InChI is InChI=1S/C18H27F2N3O2/c1-18(19,20)16-9-13(11-23-8-2-3-14(23)12-24)10-17(22-16)25-15-4-6-21-7-5-15/h9-10,14-15,21,24H,2-8,11-12H2,1H3/t14-/m0/s1. The van der Waals surface area contributed by atoms with Gasteiger partial charge in [-0.15, -0.1) is 0 Å². The molecule has 2 N–H and O–H groups in total. The maximum Gasteiger partial charge on any atom is 0.287 e. The Bertz CT molecular complexity index is 574. The van der Waals surface area contributed by atoms with Gasteiger partial charge in [0.15, 0.2) is 0 Å². The zero-order valence-electron chi connectivity index (χ0n) is 14.7. The summed E-state index contributed by atoms with van der Waals surface area (Å²) >= 11 is 0. The van der Waals surface area contributed by atoms with E-state index in [2.05, 4.69) is 15.2 Å². The lowest BCUT2D eigenvalue weighted by molar-refractivity contribution is 0.0114. The highest BCUT2D eigenvalue weighted by molar-refractivity contribution is 5.27. The molecule has 2 aliphatic rings. The van der Waals surface area contributed by atoms with Crippen LogP contribution in [0.4, 0.5) is 8.78 Å². The third-order valence-electron chi connectivity index (χ3n) is 4.98. The summed E-state index contributed by atoms with van der Waals surface area (Å²) < 4.78 is 33.6. The first-order valence-corrected chi connectivity index (χ1v) is 9.07. The summed E-state index contributed by atoms with van der Waals surface area (Å²) in [4.78, 5) is 6.19. The van der Waals surface area contributed by atoms with Crippen LogP contribution in [0.3, 0.4) is 0 Å². The first kappa shape index (κ1) is 18.5. The largest absolute Gasteiger partial charge is 0.474 e. The van der Waals surface area contributed by atoms with E-state index in [0.29, 0.717) is 6.54 Å². The van der Waals surface area contributed by atoms with Gasteiger partial charge in [-0.2, -0.15) is 8.78 Å². The average Bonchev–Trinajstić information content (AvgIpc) is 3.02. The number of rotatable bonds is 6. The normalized spacial score (nSPS) is 23.1. The number of alkyl halides is 2. The molecule has 3 rings (SSSR count). The number of likely N-dealkylation sites (tertiary alicyclic amines) is 1. The first-order chi connectivity index (χ1) is 12.0. The van der Waals surface area contributed by atoms with Crippen molar-refractivity contribution in [3.05, 3.63) is 23.4 Å². The number of nitrogens with zero attached hydrogens (tertiary/aromatic N) is 2. The summed E-state index contributed by atoms with van der Waals surface area (Å²) in [7, 11) is 0. The minimum atomic E-state index is -3.01. The van der Waals surface area contributed by atoms with Gasteiger partial charge in [-0.05, 0) is 56.9 Å². The van der Waals surface area contributed by atoms with E-state index < -0.39 is 5.92 Å². The molecule has 0 saturated carbocycles. The second-order valence-corrected chi connectivity index (χ2v) is 7.10. The fourth-order valence-electron chi connectivity index (χ4n) is 3.56. The van der Waals surface area contributed by atoms with Crippen molar-refractivity contribution in [2.45, 2.75) is 57.2 Å². The quantitative estimate of drug-likeness (QED) is 0.820. The minimum Gasteiger partial charge on any atom is -0.474 e. The summed E-state index contributed by atoms with van der Waals surface area (Å²) in [6.07, 6.45) is 3.67. The lowest BCUT2D eigenvalue weighted by Crippen LogP contribution is -2.34. The van der Waals surface area contributed by atoms with Gasteiger partial charge in [0.1, 0.15) is 11.8 Å². The smallest absolute Gasteiger partial charge is 0.287 e. The monoisotopic (exact) mass is 355 g/mol. The third kappa shape index (κ3) is 4.86. The molecular formula is C18H27F2N3O2. The van der Waals surface area contributed by atoms with E-state index in [4.69, 9.17) is 4.74 Å². The molecule has 0 spiro atoms. The molecule has 2 fully saturated rings. The van der Waals surface area contributed by atoms with E-state index >= 15 is 0 Å². The summed E-state index contributed by atoms with van der Waals surface area (Å²) in [6, 6.07) is 3.33. The van der Waals surface area contributed by atoms with Crippen LogP contribution in [0.5, 0.6) is 5.88 Å². The Balaban J connectivity index is 1.79. The van der Waals surface area contributed by atoms with Crippen molar-refractivity contribution in [3.8, 4) is 5.88 Å². The van der Waals surface area contributed by atoms with Crippen molar-refractivity contribution in [3.63, 3.8) is 0 Å². The van der Waals surface area contributed by atoms with Gasteiger partial charge in [0.05, 0.1) is 6.61 Å². The highest BCUT2D eigenvalue weighted by Crippen LogP contribution is 2.30. The first-order valence-electron chi connectivity index (χ1n) is 9.07. The van der Waals surface area contributed by atoms with Crippen molar-refractivity contribution in [1.82, 2.24) is 15.2 Å². The van der Waals surface area contributed by atoms with Gasteiger partial charge >= 0.3 is 0 Å². The molecule has 2 saturated heterocycles. The predicted molar refractivity (Wildman–Crippen MR) is 90.8 cm³/mol. The zero-order chi connectivity index (χ0) is 17.9. The summed E-state index contributed by atoms with van der Waals surface area (Å²) in [5.41, 5.74) is 0.504. The number of aromatic nitrogens is 1. The Kier molecular flexibility index (Phi) is 5.86. The van der Waals surface area contributed by atoms with Crippen molar-refractivity contribution in [2.75, 3.05) is 26.2 Å². The van der Waals surface area contributed by atoms with Crippen molar-refractivity contribution >= 4 is 0 Å². The average molecular weight is 355 g/mol. The predicted octanol–water partition coefficient (Wildman–Crippen LogP) is 2.28. The molecule has 0 radical (unpaired) electrons. The number of pyridine rings is 1. The number of nitrogens with one attached hydrogen (secondary N) is 1. The molecule has 0 aliphatic carbocycles. The second kappa shape index (κ2) is 7.93. The number of hydrogen-bond donors (Lipinski definition) is 2. The fraction of sp³-hybridized carbons (Fsp3) is 0.722. The molecule has 140 valence electrons. The van der Waals surface area contributed by atoms with E-state index in [1.807, 2.05) is 0 Å². The molecule has 3 heterocycles. The molecule has 0 bridgehead atoms. The molecule has 0 unspecified atom stereocenters. The van der Waals surface area contributed by atoms with Crippen molar-refractivity contribution < 1.29 is 18.6 Å². The molecule has 1 atom stereocenters. The van der Waals surface area contributed by atoms with Gasteiger partial charge in [-0.3, -0.25) is 4.90 Å². The third-order valence-corrected chi connectivity index (χ3v) is 4.98. The van der Waals surface area contributed by atoms with Crippen LogP contribution in [-0.4, -0.2) is 53.4 Å². The van der Waals surface area contributed by atoms with Crippen LogP contribution in [0.2, 0.25) is 0 Å². The van der Waals surface area contributed by atoms with Crippen LogP contribution in [0.1, 0.15) is 43.9 Å². The summed E-state index contributed by atoms with van der Waals surface area (Å²) in [6.45, 7) is 4.09. The SMILES string of the molecule is CC(F)(F)c1cc(CN2CCC[C@H]2CO)cc(OC2CCNCC2)n1. The van der Waals surface area contributed by atoms with Crippen LogP contribution >= 0.6 is 0 Å². The molecule has 1 aromatic heterocycles. The Labute approximate surface area is 147 Å². The molecule has 0 amide bonds. The van der Waals surface area contributed by atoms with Gasteiger partial charge in [-0.1, -0.05) is 0 Å². The highest BCUT2D eigenvalue weighted by Gasteiger charge is 2.29. The fourth-order valence-corrected chi connectivity index (χ4v) is 3.56. The van der Waals surface area contributed by atoms with Gasteiger partial charge < -0.3 is 15.2 Å². The molecule has 1 aromatic rings. The van der Waals surface area contributed by atoms with Gasteiger partial charge in [0, 0.05) is 25.6 Å². The van der Waals surface area contributed by atoms with E-state index in [-0.39, 0.29) is 30.3 Å². The summed E-state index contributed by atoms with van der Waals surface area (Å²) in [5, 5.41) is 12.7. The van der Waals surface area contributed by atoms with E-state index in [0.717, 1.165) is 57.8 Å². The van der Waals surface area contributed by atoms with Crippen molar-refractivity contribution in [2.24, 2.45) is 0 Å². The van der Waals surface area contributed by atoms with Crippen LogP contribution in [0.25, 0.3) is 0 Å². The minimum absolute atomic E-state index is 0.0132. The van der Waals surface area contributed by atoms with Crippen LogP contribution in [-0.2, 0) is 12.5 Å². The summed E-state index contributed by atoms with van der Waals surface area (Å²) in [5.74, 6) is -2.73. The molecule has 2 aliphatic heterocycles. The maximum absolute atomic E-state index is 13.9. The Hall–Kier alpha value is -1.31. The number of ether oxygens (including phenoxy) is 1. The van der Waals surface area contributed by atoms with Gasteiger partial charge in [0.2, 0.25) is 5.88 Å². The Morgan fingerprint density at radius 1 is 1.32 bits per heavy atom. The van der Waals surface area contributed by atoms with E-state index in [9.17, 15) is 13.9 Å². The molecule has 0 aromatic carbocycles. The number of halogens is 2. The topological polar surface area (TPSA) is 57.6 Å². The Morgan fingerprint density at radius 2 is 2.08 bits per heavy atom. The molecule has 5 nitrogen and oxygen atoms in total.